The molecule has 1 aromatic rings. The Morgan fingerprint density at radius 2 is 2.04 bits per heavy atom. The van der Waals surface area contributed by atoms with Gasteiger partial charge >= 0.3 is 0 Å². The fourth-order valence-corrected chi connectivity index (χ4v) is 5.87. The van der Waals surface area contributed by atoms with Crippen LogP contribution in [-0.2, 0) is 11.2 Å². The molecule has 1 aromatic carbocycles. The highest BCUT2D eigenvalue weighted by Gasteiger charge is 2.54. The van der Waals surface area contributed by atoms with Crippen molar-refractivity contribution in [1.29, 1.82) is 0 Å². The number of aliphatic hydroxyl groups excluding tert-OH is 1. The molecule has 1 amide bonds. The van der Waals surface area contributed by atoms with Crippen molar-refractivity contribution in [3.8, 4) is 5.75 Å². The number of aromatic hydroxyl groups is 1. The molecule has 3 aliphatic rings. The Kier molecular flexibility index (Phi) is 3.64. The highest BCUT2D eigenvalue weighted by atomic mass is 16.3. The smallest absolute Gasteiger partial charge is 0.221 e. The number of fused-ring (bicyclic) bond motifs is 5. The van der Waals surface area contributed by atoms with Crippen molar-refractivity contribution >= 4 is 11.6 Å². The summed E-state index contributed by atoms with van der Waals surface area (Å²) in [5.74, 6) is 1.71. The average Bonchev–Trinajstić information content (AvgIpc) is 2.83. The summed E-state index contributed by atoms with van der Waals surface area (Å²) in [7, 11) is 0. The number of phenolic OH excluding ortho intramolecular Hbond substituents is 1. The zero-order valence-electron chi connectivity index (χ0n) is 14.5. The van der Waals surface area contributed by atoms with Crippen molar-refractivity contribution < 1.29 is 15.0 Å². The van der Waals surface area contributed by atoms with Crippen molar-refractivity contribution in [1.82, 2.24) is 0 Å². The Hall–Kier alpha value is -1.55. The van der Waals surface area contributed by atoms with Crippen LogP contribution in [0, 0.1) is 17.3 Å². The van der Waals surface area contributed by atoms with Gasteiger partial charge < -0.3 is 15.5 Å². The third-order valence-corrected chi connectivity index (χ3v) is 7.10. The van der Waals surface area contributed by atoms with Gasteiger partial charge in [0.1, 0.15) is 5.75 Å². The third kappa shape index (κ3) is 2.26. The van der Waals surface area contributed by atoms with Gasteiger partial charge in [-0.2, -0.15) is 0 Å². The minimum absolute atomic E-state index is 0.0794. The lowest BCUT2D eigenvalue weighted by molar-refractivity contribution is -0.114. The molecule has 4 heteroatoms. The van der Waals surface area contributed by atoms with E-state index in [1.54, 1.807) is 0 Å². The van der Waals surface area contributed by atoms with E-state index in [9.17, 15) is 15.0 Å². The molecule has 4 rings (SSSR count). The number of rotatable bonds is 1. The van der Waals surface area contributed by atoms with E-state index in [2.05, 4.69) is 12.2 Å². The van der Waals surface area contributed by atoms with Crippen LogP contribution in [0.25, 0.3) is 0 Å². The number of hydrogen-bond donors (Lipinski definition) is 3. The van der Waals surface area contributed by atoms with E-state index in [0.717, 1.165) is 38.5 Å². The molecule has 3 unspecified atom stereocenters. The molecule has 3 aliphatic carbocycles. The predicted octanol–water partition coefficient (Wildman–Crippen LogP) is 3.57. The molecule has 0 aromatic heterocycles. The minimum atomic E-state index is -0.159. The lowest BCUT2D eigenvalue weighted by Gasteiger charge is -2.50. The summed E-state index contributed by atoms with van der Waals surface area (Å²) in [4.78, 5) is 11.4. The second-order valence-electron chi connectivity index (χ2n) is 8.30. The topological polar surface area (TPSA) is 69.6 Å². The van der Waals surface area contributed by atoms with Crippen molar-refractivity contribution in [2.75, 3.05) is 5.32 Å². The zero-order chi connectivity index (χ0) is 17.1. The van der Waals surface area contributed by atoms with Crippen LogP contribution in [0.5, 0.6) is 5.75 Å². The van der Waals surface area contributed by atoms with Crippen LogP contribution in [0.2, 0.25) is 0 Å². The molecule has 0 radical (unpaired) electrons. The number of hydrogen-bond acceptors (Lipinski definition) is 3. The van der Waals surface area contributed by atoms with Crippen LogP contribution in [0.3, 0.4) is 0 Å². The maximum atomic E-state index is 11.4. The number of benzene rings is 1. The van der Waals surface area contributed by atoms with Crippen molar-refractivity contribution in [3.63, 3.8) is 0 Å². The standard InChI is InChI=1S/C20H27NO3/c1-11(22)21-17-10-15-12(9-18(17)23)3-4-14-13(15)7-8-20(2)16(14)5-6-19(20)24/h9-10,13-14,16,19,23-24H,3-8H2,1-2H3,(H,21,22)/t13?,14?,16?,19-,20-/m0/s1. The van der Waals surface area contributed by atoms with E-state index in [-0.39, 0.29) is 23.2 Å². The Morgan fingerprint density at radius 3 is 2.79 bits per heavy atom. The summed E-state index contributed by atoms with van der Waals surface area (Å²) in [6.07, 6.45) is 6.19. The normalized spacial score (nSPS) is 37.3. The van der Waals surface area contributed by atoms with Gasteiger partial charge in [0.15, 0.2) is 0 Å². The first-order chi connectivity index (χ1) is 11.4. The van der Waals surface area contributed by atoms with Crippen molar-refractivity contribution in [2.24, 2.45) is 17.3 Å². The average molecular weight is 329 g/mol. The number of amides is 1. The Morgan fingerprint density at radius 1 is 1.25 bits per heavy atom. The number of carbonyl (C=O) groups is 1. The predicted molar refractivity (Wildman–Crippen MR) is 93.0 cm³/mol. The molecule has 0 spiro atoms. The third-order valence-electron chi connectivity index (χ3n) is 7.10. The van der Waals surface area contributed by atoms with Gasteiger partial charge in [0.25, 0.3) is 0 Å². The molecule has 3 N–H and O–H groups in total. The number of anilines is 1. The van der Waals surface area contributed by atoms with Gasteiger partial charge in [0.05, 0.1) is 11.8 Å². The molecule has 2 saturated carbocycles. The minimum Gasteiger partial charge on any atom is -0.506 e. The quantitative estimate of drug-likeness (QED) is 0.690. The summed E-state index contributed by atoms with van der Waals surface area (Å²) < 4.78 is 0. The van der Waals surface area contributed by atoms with E-state index in [4.69, 9.17) is 0 Å². The zero-order valence-corrected chi connectivity index (χ0v) is 14.5. The molecule has 0 heterocycles. The Balaban J connectivity index is 1.70. The largest absolute Gasteiger partial charge is 0.506 e. The summed E-state index contributed by atoms with van der Waals surface area (Å²) >= 11 is 0. The lowest BCUT2D eigenvalue weighted by atomic mass is 9.55. The molecule has 2 fully saturated rings. The molecular weight excluding hydrogens is 302 g/mol. The van der Waals surface area contributed by atoms with E-state index in [0.29, 0.717) is 23.4 Å². The van der Waals surface area contributed by atoms with E-state index in [1.807, 2.05) is 12.1 Å². The van der Waals surface area contributed by atoms with Gasteiger partial charge in [-0.25, -0.2) is 0 Å². The van der Waals surface area contributed by atoms with E-state index < -0.39 is 0 Å². The highest BCUT2D eigenvalue weighted by molar-refractivity contribution is 5.90. The van der Waals surface area contributed by atoms with E-state index in [1.165, 1.54) is 18.1 Å². The monoisotopic (exact) mass is 329 g/mol. The molecule has 0 saturated heterocycles. The number of phenols is 1. The highest BCUT2D eigenvalue weighted by Crippen LogP contribution is 2.61. The van der Waals surface area contributed by atoms with Crippen LogP contribution in [0.15, 0.2) is 12.1 Å². The maximum absolute atomic E-state index is 11.4. The lowest BCUT2D eigenvalue weighted by Crippen LogP contribution is -2.43. The number of aryl methyl sites for hydroxylation is 1. The van der Waals surface area contributed by atoms with Crippen LogP contribution in [0.4, 0.5) is 5.69 Å². The summed E-state index contributed by atoms with van der Waals surface area (Å²) in [6.45, 7) is 3.74. The van der Waals surface area contributed by atoms with Crippen LogP contribution in [-0.4, -0.2) is 22.2 Å². The first-order valence-electron chi connectivity index (χ1n) is 9.21. The van der Waals surface area contributed by atoms with Crippen LogP contribution in [0.1, 0.15) is 63.0 Å². The molecule has 5 atom stereocenters. The first kappa shape index (κ1) is 15.9. The van der Waals surface area contributed by atoms with Gasteiger partial charge in [0.2, 0.25) is 5.91 Å². The van der Waals surface area contributed by atoms with Crippen molar-refractivity contribution in [3.05, 3.63) is 23.3 Å². The summed E-state index contributed by atoms with van der Waals surface area (Å²) in [5.41, 5.74) is 3.14. The first-order valence-corrected chi connectivity index (χ1v) is 9.21. The van der Waals surface area contributed by atoms with E-state index >= 15 is 0 Å². The molecule has 24 heavy (non-hydrogen) atoms. The number of carbonyl (C=O) groups excluding carboxylic acids is 1. The van der Waals surface area contributed by atoms with Gasteiger partial charge in [-0.1, -0.05) is 6.92 Å². The Labute approximate surface area is 143 Å². The molecule has 4 nitrogen and oxygen atoms in total. The summed E-state index contributed by atoms with van der Waals surface area (Å²) in [5, 5.41) is 23.4. The van der Waals surface area contributed by atoms with Gasteiger partial charge in [-0.05, 0) is 85.0 Å². The molecular formula is C20H27NO3. The number of aliphatic hydroxyl groups is 1. The maximum Gasteiger partial charge on any atom is 0.221 e. The molecule has 0 bridgehead atoms. The Bertz CT molecular complexity index is 686. The second kappa shape index (κ2) is 5.48. The van der Waals surface area contributed by atoms with Crippen LogP contribution < -0.4 is 5.32 Å². The molecule has 0 aliphatic heterocycles. The van der Waals surface area contributed by atoms with Crippen molar-refractivity contribution in [2.45, 2.75) is 64.4 Å². The van der Waals surface area contributed by atoms with Gasteiger partial charge in [-0.15, -0.1) is 0 Å². The van der Waals surface area contributed by atoms with Crippen LogP contribution >= 0.6 is 0 Å². The van der Waals surface area contributed by atoms with Gasteiger partial charge in [0, 0.05) is 6.92 Å². The summed E-state index contributed by atoms with van der Waals surface area (Å²) in [6, 6.07) is 3.84. The van der Waals surface area contributed by atoms with Gasteiger partial charge in [-0.3, -0.25) is 4.79 Å². The fraction of sp³-hybridized carbons (Fsp3) is 0.650. The fourth-order valence-electron chi connectivity index (χ4n) is 5.87. The second-order valence-corrected chi connectivity index (χ2v) is 8.30. The SMILES string of the molecule is CC(=O)Nc1cc2c(cc1O)CCC1C2CC[C@@]2(C)C1CC[C@@H]2O. The number of nitrogens with one attached hydrogen (secondary N) is 1. The molecule has 130 valence electrons.